The summed E-state index contributed by atoms with van der Waals surface area (Å²) in [6.07, 6.45) is 0.849. The first-order valence-electron chi connectivity index (χ1n) is 8.16. The first-order chi connectivity index (χ1) is 12.9. The van der Waals surface area contributed by atoms with Crippen molar-refractivity contribution in [3.8, 4) is 5.75 Å². The molecule has 0 fully saturated rings. The van der Waals surface area contributed by atoms with Gasteiger partial charge in [-0.05, 0) is 53.0 Å². The third kappa shape index (κ3) is 5.01. The summed E-state index contributed by atoms with van der Waals surface area (Å²) in [5.74, 6) is 0.573. The van der Waals surface area contributed by atoms with Crippen LogP contribution < -0.4 is 10.1 Å². The summed E-state index contributed by atoms with van der Waals surface area (Å²) in [6, 6.07) is 10.3. The van der Waals surface area contributed by atoms with Crippen LogP contribution in [0.5, 0.6) is 5.75 Å². The summed E-state index contributed by atoms with van der Waals surface area (Å²) in [4.78, 5) is 26.7. The van der Waals surface area contributed by atoms with Crippen LogP contribution in [0.25, 0.3) is 10.2 Å². The van der Waals surface area contributed by atoms with Gasteiger partial charge in [0.2, 0.25) is 5.91 Å². The van der Waals surface area contributed by atoms with E-state index in [2.05, 4.69) is 26.2 Å². The van der Waals surface area contributed by atoms with Crippen molar-refractivity contribution < 1.29 is 14.5 Å². The van der Waals surface area contributed by atoms with E-state index in [9.17, 15) is 14.9 Å². The lowest BCUT2D eigenvalue weighted by atomic mass is 10.2. The highest BCUT2D eigenvalue weighted by atomic mass is 79.9. The summed E-state index contributed by atoms with van der Waals surface area (Å²) < 4.78 is 7.22. The number of nitro benzene ring substituents is 1. The maximum absolute atomic E-state index is 12.1. The van der Waals surface area contributed by atoms with Crippen molar-refractivity contribution in [3.63, 3.8) is 0 Å². The minimum absolute atomic E-state index is 0.00319. The number of nitrogens with one attached hydrogen (secondary N) is 1. The molecular formula is C18H16BrN3O4S. The number of nitro groups is 1. The second-order valence-electron chi connectivity index (χ2n) is 5.86. The molecular weight excluding hydrogens is 434 g/mol. The maximum atomic E-state index is 12.1. The Morgan fingerprint density at radius 3 is 2.89 bits per heavy atom. The largest absolute Gasteiger partial charge is 0.492 e. The number of aryl methyl sites for hydroxylation is 1. The number of anilines is 1. The van der Waals surface area contributed by atoms with Gasteiger partial charge in [0.05, 0.1) is 26.2 Å². The van der Waals surface area contributed by atoms with Crippen molar-refractivity contribution >= 4 is 54.2 Å². The van der Waals surface area contributed by atoms with E-state index < -0.39 is 4.92 Å². The van der Waals surface area contributed by atoms with E-state index in [-0.39, 0.29) is 11.6 Å². The number of halogens is 1. The van der Waals surface area contributed by atoms with Gasteiger partial charge in [0.15, 0.2) is 5.13 Å². The number of hydrogen-bond donors (Lipinski definition) is 1. The van der Waals surface area contributed by atoms with E-state index in [1.54, 1.807) is 6.07 Å². The van der Waals surface area contributed by atoms with Gasteiger partial charge in [0.1, 0.15) is 5.75 Å². The average molecular weight is 450 g/mol. The summed E-state index contributed by atoms with van der Waals surface area (Å²) in [5, 5.41) is 14.0. The first kappa shape index (κ1) is 19.2. The highest BCUT2D eigenvalue weighted by molar-refractivity contribution is 9.10. The molecule has 0 aliphatic carbocycles. The third-order valence-electron chi connectivity index (χ3n) is 3.72. The van der Waals surface area contributed by atoms with Gasteiger partial charge in [0, 0.05) is 18.6 Å². The fraction of sp³-hybridized carbons (Fsp3) is 0.222. The molecule has 3 rings (SSSR count). The quantitative estimate of drug-likeness (QED) is 0.308. The number of rotatable bonds is 7. The molecule has 27 heavy (non-hydrogen) atoms. The number of benzene rings is 2. The van der Waals surface area contributed by atoms with Gasteiger partial charge in [0.25, 0.3) is 5.69 Å². The smallest absolute Gasteiger partial charge is 0.270 e. The third-order valence-corrected chi connectivity index (χ3v) is 5.28. The monoisotopic (exact) mass is 449 g/mol. The molecule has 1 amide bonds. The van der Waals surface area contributed by atoms with Gasteiger partial charge in [-0.2, -0.15) is 0 Å². The molecule has 1 aromatic heterocycles. The minimum Gasteiger partial charge on any atom is -0.492 e. The Bertz CT molecular complexity index is 1010. The molecule has 0 spiro atoms. The molecule has 140 valence electrons. The number of carbonyl (C=O) groups excluding carboxylic acids is 1. The van der Waals surface area contributed by atoms with Crippen molar-refractivity contribution in [3.05, 3.63) is 56.5 Å². The highest BCUT2D eigenvalue weighted by Crippen LogP contribution is 2.29. The number of fused-ring (bicyclic) bond motifs is 1. The van der Waals surface area contributed by atoms with Crippen molar-refractivity contribution in [2.45, 2.75) is 19.8 Å². The Balaban J connectivity index is 1.50. The summed E-state index contributed by atoms with van der Waals surface area (Å²) in [5.41, 5.74) is 1.76. The lowest BCUT2D eigenvalue weighted by Crippen LogP contribution is -2.12. The Labute approximate surface area is 167 Å². The molecule has 9 heteroatoms. The van der Waals surface area contributed by atoms with Gasteiger partial charge in [-0.1, -0.05) is 17.4 Å². The van der Waals surface area contributed by atoms with E-state index in [1.807, 2.05) is 25.1 Å². The SMILES string of the molecule is Cc1ccc(OCCCC(=O)Nc2nc3ccc([N+](=O)[O-])cc3s2)c(Br)c1. The molecule has 2 aromatic carbocycles. The Morgan fingerprint density at radius 1 is 1.33 bits per heavy atom. The average Bonchev–Trinajstić information content (AvgIpc) is 3.01. The summed E-state index contributed by atoms with van der Waals surface area (Å²) in [7, 11) is 0. The van der Waals surface area contributed by atoms with Crippen LogP contribution in [-0.4, -0.2) is 22.4 Å². The fourth-order valence-corrected chi connectivity index (χ4v) is 3.92. The van der Waals surface area contributed by atoms with E-state index in [1.165, 1.54) is 23.5 Å². The molecule has 7 nitrogen and oxygen atoms in total. The molecule has 0 bridgehead atoms. The predicted octanol–water partition coefficient (Wildman–Crippen LogP) is 5.07. The van der Waals surface area contributed by atoms with E-state index in [0.717, 1.165) is 15.8 Å². The molecule has 3 aromatic rings. The summed E-state index contributed by atoms with van der Waals surface area (Å²) in [6.45, 7) is 2.42. The molecule has 0 aliphatic heterocycles. The second-order valence-corrected chi connectivity index (χ2v) is 7.75. The van der Waals surface area contributed by atoms with Crippen LogP contribution in [0.2, 0.25) is 0 Å². The summed E-state index contributed by atoms with van der Waals surface area (Å²) >= 11 is 4.66. The van der Waals surface area contributed by atoms with Crippen molar-refractivity contribution in [2.24, 2.45) is 0 Å². The van der Waals surface area contributed by atoms with Crippen LogP contribution >= 0.6 is 27.3 Å². The van der Waals surface area contributed by atoms with Crippen LogP contribution in [0.3, 0.4) is 0 Å². The van der Waals surface area contributed by atoms with Crippen molar-refractivity contribution in [1.82, 2.24) is 4.98 Å². The highest BCUT2D eigenvalue weighted by Gasteiger charge is 2.12. The van der Waals surface area contributed by atoms with Crippen LogP contribution in [0.4, 0.5) is 10.8 Å². The number of non-ortho nitro benzene ring substituents is 1. The fourth-order valence-electron chi connectivity index (χ4n) is 2.40. The lowest BCUT2D eigenvalue weighted by molar-refractivity contribution is -0.384. The number of ether oxygens (including phenoxy) is 1. The number of nitrogens with zero attached hydrogens (tertiary/aromatic N) is 2. The molecule has 0 saturated heterocycles. The van der Waals surface area contributed by atoms with Gasteiger partial charge in [-0.3, -0.25) is 14.9 Å². The molecule has 1 heterocycles. The maximum Gasteiger partial charge on any atom is 0.270 e. The zero-order chi connectivity index (χ0) is 19.4. The lowest BCUT2D eigenvalue weighted by Gasteiger charge is -2.08. The van der Waals surface area contributed by atoms with E-state index in [4.69, 9.17) is 4.74 Å². The van der Waals surface area contributed by atoms with Gasteiger partial charge < -0.3 is 10.1 Å². The second kappa shape index (κ2) is 8.45. The molecule has 0 unspecified atom stereocenters. The number of amides is 1. The molecule has 0 atom stereocenters. The van der Waals surface area contributed by atoms with Crippen molar-refractivity contribution in [2.75, 3.05) is 11.9 Å². The standard InChI is InChI=1S/C18H16BrN3O4S/c1-11-4-7-15(13(19)9-11)26-8-2-3-17(23)21-18-20-14-6-5-12(22(24)25)10-16(14)27-18/h4-7,9-10H,2-3,8H2,1H3,(H,20,21,23). The van der Waals surface area contributed by atoms with Crippen LogP contribution in [0.1, 0.15) is 18.4 Å². The zero-order valence-electron chi connectivity index (χ0n) is 14.4. The van der Waals surface area contributed by atoms with Crippen LogP contribution in [0, 0.1) is 17.0 Å². The van der Waals surface area contributed by atoms with E-state index in [0.29, 0.717) is 34.8 Å². The number of hydrogen-bond acceptors (Lipinski definition) is 6. The van der Waals surface area contributed by atoms with Crippen LogP contribution in [0.15, 0.2) is 40.9 Å². The molecule has 1 N–H and O–H groups in total. The van der Waals surface area contributed by atoms with Gasteiger partial charge >= 0.3 is 0 Å². The molecule has 0 saturated carbocycles. The van der Waals surface area contributed by atoms with Crippen molar-refractivity contribution in [1.29, 1.82) is 0 Å². The Hall–Kier alpha value is -2.52. The van der Waals surface area contributed by atoms with Crippen LogP contribution in [-0.2, 0) is 4.79 Å². The van der Waals surface area contributed by atoms with Gasteiger partial charge in [-0.15, -0.1) is 0 Å². The van der Waals surface area contributed by atoms with E-state index >= 15 is 0 Å². The molecule has 0 aliphatic rings. The topological polar surface area (TPSA) is 94.4 Å². The number of carbonyl (C=O) groups is 1. The Morgan fingerprint density at radius 2 is 2.15 bits per heavy atom. The minimum atomic E-state index is -0.455. The normalized spacial score (nSPS) is 10.7. The van der Waals surface area contributed by atoms with Gasteiger partial charge in [-0.25, -0.2) is 4.98 Å². The number of thiazole rings is 1. The Kier molecular flexibility index (Phi) is 6.02. The predicted molar refractivity (Wildman–Crippen MR) is 109 cm³/mol. The first-order valence-corrected chi connectivity index (χ1v) is 9.77. The molecule has 0 radical (unpaired) electrons. The zero-order valence-corrected chi connectivity index (χ0v) is 16.8. The number of aromatic nitrogens is 1.